The molecule has 0 aliphatic heterocycles. The van der Waals surface area contributed by atoms with E-state index in [1.165, 1.54) is 6.92 Å². The van der Waals surface area contributed by atoms with Gasteiger partial charge in [0, 0.05) is 18.1 Å². The standard InChI is InChI=1S/C31H60N12O10S2/c1-16(45)23(43-24(46)17(34)7-2-4-10-32)29(51)42-22(15-55)28(50)41-21(14-54)27(49)40-20(13-44)26(48)38-18(9-6-12-37-31(35)36)25(47)39-19(30(52)53)8-3-5-11-33/h16-23,44-45,54-55H,2-15,32-34H2,1H3,(H,38,48)(H,39,47)(H,40,49)(H,41,50)(H,42,51)(H,43,46)(H,52,53)(H4,35,36,37)/t16-,17+,18+,19+,20+,21+,22+,23+/m1/s1. The Morgan fingerprint density at radius 1 is 0.618 bits per heavy atom. The average Bonchev–Trinajstić information content (AvgIpc) is 3.13. The van der Waals surface area contributed by atoms with Crippen LogP contribution in [0.25, 0.3) is 0 Å². The van der Waals surface area contributed by atoms with Crippen LogP contribution in [0, 0.1) is 0 Å². The second-order valence-electron chi connectivity index (χ2n) is 12.5. The molecular weight excluding hydrogens is 765 g/mol. The molecular formula is C31H60N12O10S2. The first kappa shape index (κ1) is 51.1. The Hall–Kier alpha value is -3.94. The molecule has 8 atom stereocenters. The first-order chi connectivity index (χ1) is 26.0. The number of rotatable bonds is 29. The van der Waals surface area contributed by atoms with Crippen LogP contribution < -0.4 is 60.6 Å². The number of unbranched alkanes of at least 4 members (excludes halogenated alkanes) is 2. The fraction of sp³-hybridized carbons (Fsp3) is 0.742. The van der Waals surface area contributed by atoms with Crippen LogP contribution in [0.15, 0.2) is 4.99 Å². The summed E-state index contributed by atoms with van der Waals surface area (Å²) in [6.07, 6.45) is 1.17. The molecule has 0 rings (SSSR count). The lowest BCUT2D eigenvalue weighted by atomic mass is 10.1. The summed E-state index contributed by atoms with van der Waals surface area (Å²) in [5.41, 5.74) is 27.5. The van der Waals surface area contributed by atoms with E-state index in [0.29, 0.717) is 38.8 Å². The monoisotopic (exact) mass is 824 g/mol. The van der Waals surface area contributed by atoms with E-state index in [2.05, 4.69) is 62.2 Å². The number of amides is 6. The molecule has 0 saturated heterocycles. The molecule has 55 heavy (non-hydrogen) atoms. The van der Waals surface area contributed by atoms with Gasteiger partial charge in [-0.25, -0.2) is 4.79 Å². The van der Waals surface area contributed by atoms with Gasteiger partial charge >= 0.3 is 5.97 Å². The molecule has 22 nitrogen and oxygen atoms in total. The molecule has 6 amide bonds. The molecule has 0 radical (unpaired) electrons. The highest BCUT2D eigenvalue weighted by Crippen LogP contribution is 2.06. The molecule has 316 valence electrons. The summed E-state index contributed by atoms with van der Waals surface area (Å²) < 4.78 is 0. The number of nitrogens with one attached hydrogen (secondary N) is 6. The van der Waals surface area contributed by atoms with Crippen LogP contribution in [0.5, 0.6) is 0 Å². The minimum Gasteiger partial charge on any atom is -0.480 e. The number of carboxylic acid groups (broad SMARTS) is 1. The molecule has 0 aromatic heterocycles. The number of aliphatic carboxylic acids is 1. The molecule has 0 aromatic carbocycles. The van der Waals surface area contributed by atoms with Gasteiger partial charge in [-0.15, -0.1) is 0 Å². The van der Waals surface area contributed by atoms with Crippen LogP contribution in [0.4, 0.5) is 0 Å². The Bertz CT molecular complexity index is 1280. The lowest BCUT2D eigenvalue weighted by Gasteiger charge is -2.27. The minimum atomic E-state index is -1.66. The van der Waals surface area contributed by atoms with Crippen molar-refractivity contribution in [1.29, 1.82) is 0 Å². The molecule has 0 saturated carbocycles. The predicted octanol–water partition coefficient (Wildman–Crippen LogP) is -6.15. The van der Waals surface area contributed by atoms with E-state index in [-0.39, 0.29) is 49.7 Å². The van der Waals surface area contributed by atoms with Crippen LogP contribution in [0.2, 0.25) is 0 Å². The Morgan fingerprint density at radius 2 is 1.05 bits per heavy atom. The van der Waals surface area contributed by atoms with Crippen LogP contribution in [-0.4, -0.2) is 149 Å². The third kappa shape index (κ3) is 20.5. The van der Waals surface area contributed by atoms with E-state index in [0.717, 1.165) is 0 Å². The van der Waals surface area contributed by atoms with Gasteiger partial charge in [0.1, 0.15) is 36.3 Å². The zero-order valence-electron chi connectivity index (χ0n) is 30.9. The number of nitrogens with two attached hydrogens (primary N) is 5. The number of aliphatic imine (C=N–C) groups is 1. The molecule has 0 aliphatic carbocycles. The van der Waals surface area contributed by atoms with Gasteiger partial charge < -0.3 is 75.9 Å². The minimum absolute atomic E-state index is 0.0656. The second kappa shape index (κ2) is 28.5. The Balaban J connectivity index is 5.73. The summed E-state index contributed by atoms with van der Waals surface area (Å²) in [4.78, 5) is 93.8. The summed E-state index contributed by atoms with van der Waals surface area (Å²) in [7, 11) is 0. The molecule has 0 bridgehead atoms. The van der Waals surface area contributed by atoms with E-state index in [1.54, 1.807) is 0 Å². The zero-order valence-corrected chi connectivity index (χ0v) is 32.7. The number of guanidine groups is 1. The fourth-order valence-electron chi connectivity index (χ4n) is 4.76. The molecule has 0 fully saturated rings. The predicted molar refractivity (Wildman–Crippen MR) is 209 cm³/mol. The summed E-state index contributed by atoms with van der Waals surface area (Å²) in [6, 6.07) is -9.59. The largest absolute Gasteiger partial charge is 0.480 e. The molecule has 0 aliphatic rings. The Morgan fingerprint density at radius 3 is 1.53 bits per heavy atom. The highest BCUT2D eigenvalue weighted by atomic mass is 32.1. The number of hydrogen-bond acceptors (Lipinski definition) is 15. The lowest BCUT2D eigenvalue weighted by molar-refractivity contribution is -0.142. The van der Waals surface area contributed by atoms with E-state index >= 15 is 0 Å². The van der Waals surface area contributed by atoms with Crippen molar-refractivity contribution in [2.24, 2.45) is 33.7 Å². The van der Waals surface area contributed by atoms with Gasteiger partial charge in [-0.3, -0.25) is 33.8 Å². The number of aliphatic hydroxyl groups is 2. The summed E-state index contributed by atoms with van der Waals surface area (Å²) >= 11 is 8.18. The number of hydrogen-bond donors (Lipinski definition) is 16. The maximum Gasteiger partial charge on any atom is 0.326 e. The number of carboxylic acids is 1. The van der Waals surface area contributed by atoms with Gasteiger partial charge in [0.2, 0.25) is 35.4 Å². The number of nitrogens with zero attached hydrogens (tertiary/aromatic N) is 1. The normalized spacial score (nSPS) is 15.3. The van der Waals surface area contributed by atoms with E-state index in [1.807, 2.05) is 0 Å². The van der Waals surface area contributed by atoms with Crippen molar-refractivity contribution in [3.8, 4) is 0 Å². The summed E-state index contributed by atoms with van der Waals surface area (Å²) in [6.45, 7) is 1.08. The van der Waals surface area contributed by atoms with Gasteiger partial charge in [-0.05, 0) is 65.0 Å². The molecule has 0 heterocycles. The van der Waals surface area contributed by atoms with E-state index < -0.39 is 96.4 Å². The zero-order chi connectivity index (χ0) is 42.1. The van der Waals surface area contributed by atoms with Gasteiger partial charge in [0.05, 0.1) is 18.8 Å². The van der Waals surface area contributed by atoms with Crippen LogP contribution in [0.3, 0.4) is 0 Å². The third-order valence-electron chi connectivity index (χ3n) is 7.96. The SMILES string of the molecule is C[C@@H](O)[C@H](NC(=O)[C@@H](N)CCCCN)C(=O)N[C@@H](CS)C(=O)N[C@@H](CS)C(=O)N[C@@H](CO)C(=O)N[C@@H](CCCN=C(N)N)C(=O)N[C@@H](CCCCN)C(=O)O. The van der Waals surface area contributed by atoms with Crippen LogP contribution in [-0.2, 0) is 33.6 Å². The maximum atomic E-state index is 13.2. The van der Waals surface area contributed by atoms with E-state index in [9.17, 15) is 48.9 Å². The first-order valence-electron chi connectivity index (χ1n) is 17.7. The number of carbonyl (C=O) groups excluding carboxylic acids is 6. The first-order valence-corrected chi connectivity index (χ1v) is 19.0. The van der Waals surface area contributed by atoms with Crippen molar-refractivity contribution < 1.29 is 48.9 Å². The second-order valence-corrected chi connectivity index (χ2v) is 13.3. The number of carbonyl (C=O) groups is 7. The van der Waals surface area contributed by atoms with Gasteiger partial charge in [0.25, 0.3) is 0 Å². The quantitative estimate of drug-likeness (QED) is 0.0144. The maximum absolute atomic E-state index is 13.2. The third-order valence-corrected chi connectivity index (χ3v) is 8.69. The van der Waals surface area contributed by atoms with Crippen LogP contribution >= 0.6 is 25.3 Å². The molecule has 0 unspecified atom stereocenters. The Labute approximate surface area is 330 Å². The van der Waals surface area contributed by atoms with Crippen molar-refractivity contribution in [1.82, 2.24) is 31.9 Å². The summed E-state index contributed by atoms with van der Waals surface area (Å²) in [5.74, 6) is -7.58. The average molecular weight is 825 g/mol. The van der Waals surface area contributed by atoms with Gasteiger partial charge in [-0.1, -0.05) is 6.42 Å². The summed E-state index contributed by atoms with van der Waals surface area (Å²) in [5, 5.41) is 43.9. The fourth-order valence-corrected chi connectivity index (χ4v) is 5.28. The van der Waals surface area contributed by atoms with E-state index in [4.69, 9.17) is 28.7 Å². The Kier molecular flexibility index (Phi) is 26.4. The van der Waals surface area contributed by atoms with Crippen molar-refractivity contribution in [3.63, 3.8) is 0 Å². The van der Waals surface area contributed by atoms with Gasteiger partial charge in [0.15, 0.2) is 5.96 Å². The topological polar surface area (TPSA) is 395 Å². The van der Waals surface area contributed by atoms with Gasteiger partial charge in [-0.2, -0.15) is 25.3 Å². The lowest BCUT2D eigenvalue weighted by Crippen LogP contribution is -2.62. The van der Waals surface area contributed by atoms with Crippen molar-refractivity contribution >= 4 is 72.6 Å². The van der Waals surface area contributed by atoms with Crippen LogP contribution in [0.1, 0.15) is 58.3 Å². The number of aliphatic hydroxyl groups excluding tert-OH is 2. The smallest absolute Gasteiger partial charge is 0.326 e. The molecule has 0 spiro atoms. The highest BCUT2D eigenvalue weighted by Gasteiger charge is 2.34. The molecule has 24 heteroatoms. The van der Waals surface area contributed by atoms with Crippen molar-refractivity contribution in [3.05, 3.63) is 0 Å². The number of thiol groups is 2. The van der Waals surface area contributed by atoms with Crippen molar-refractivity contribution in [2.45, 2.75) is 107 Å². The molecule has 0 aromatic rings. The van der Waals surface area contributed by atoms with Crippen molar-refractivity contribution in [2.75, 3.05) is 37.7 Å². The highest BCUT2D eigenvalue weighted by molar-refractivity contribution is 7.80. The molecule has 19 N–H and O–H groups in total.